The minimum absolute atomic E-state index is 0.142. The molecule has 0 aromatic rings. The van der Waals surface area contributed by atoms with Crippen molar-refractivity contribution in [3.63, 3.8) is 0 Å². The number of unbranched alkanes of at least 4 members (excludes halogenated alkanes) is 28. The van der Waals surface area contributed by atoms with Crippen LogP contribution in [0, 0.1) is 5.92 Å². The maximum atomic E-state index is 13.5. The van der Waals surface area contributed by atoms with Crippen molar-refractivity contribution in [3.05, 3.63) is 0 Å². The second-order valence-electron chi connectivity index (χ2n) is 23.8. The van der Waals surface area contributed by atoms with Gasteiger partial charge in [-0.05, 0) is 18.8 Å². The highest BCUT2D eigenvalue weighted by molar-refractivity contribution is 5.80. The fraction of sp³-hybridized carbons (Fsp3) is 0.950. The van der Waals surface area contributed by atoms with Crippen molar-refractivity contribution in [2.75, 3.05) is 26.4 Å². The maximum Gasteiger partial charge on any atom is 0.364 e. The quantitative estimate of drug-likeness (QED) is 0.0354. The number of aliphatic hydroxyl groups excluding tert-OH is 11. The number of hydrogen-bond acceptors (Lipinski definition) is 18. The van der Waals surface area contributed by atoms with Crippen LogP contribution in [0.5, 0.6) is 0 Å². The molecule has 1 unspecified atom stereocenters. The molecule has 0 aromatic heterocycles. The predicted molar refractivity (Wildman–Crippen MR) is 305 cm³/mol. The van der Waals surface area contributed by atoms with Gasteiger partial charge in [0, 0.05) is 6.42 Å². The minimum Gasteiger partial charge on any atom is -0.477 e. The molecule has 2 saturated heterocycles. The molecule has 478 valence electrons. The molecule has 2 rings (SSSR count). The van der Waals surface area contributed by atoms with Crippen LogP contribution in [0.2, 0.25) is 0 Å². The number of carbonyl (C=O) groups is 3. The van der Waals surface area contributed by atoms with E-state index in [1.165, 1.54) is 135 Å². The van der Waals surface area contributed by atoms with Gasteiger partial charge in [0.2, 0.25) is 11.8 Å². The van der Waals surface area contributed by atoms with Gasteiger partial charge in [-0.3, -0.25) is 9.59 Å². The first-order chi connectivity index (χ1) is 38.8. The average molecular weight is 1170 g/mol. The Morgan fingerprint density at radius 2 is 1.06 bits per heavy atom. The Morgan fingerprint density at radius 1 is 0.605 bits per heavy atom. The standard InChI is InChI=1S/C60H114N2O19/c1-4-5-6-7-8-9-10-11-12-13-14-15-16-17-18-19-24-27-30-33-36-45(66)57(75)61-43(51(70)44(65)35-32-29-26-23-21-20-22-25-28-31-34-42(2)3)40-78-58-55(74)54(73)53(72)48(80-58)41-79-60(59(76)77)37-46(67)50(62-49(69)39-64)56(81-60)52(71)47(68)38-63/h42-48,50-56,58,63-68,70-74H,4-41H2,1-3H3,(H,61,75)(H,62,69)(H,76,77)/t43-,44+,45+,46-,47+,48+,50?,51-,52+,53+,54-,55+,56+,58+,60+/m0/s1. The van der Waals surface area contributed by atoms with Gasteiger partial charge in [-0.15, -0.1) is 0 Å². The predicted octanol–water partition coefficient (Wildman–Crippen LogP) is 5.07. The number of amides is 2. The SMILES string of the molecule is CCCCCCCCCCCCCCCCCCCCCC[C@@H](O)C(=O)N[C@@H](CO[C@@H]1O[C@H](CO[C@]2(C(=O)O)C[C@H](O)C(NC(=O)CO)[C@H]([C@H](O)[C@H](O)CO)O2)[C@@H](O)[C@H](O)[C@H]1O)[C@H](O)[C@H](O)CCCCCCCCCCCCC(C)C. The maximum absolute atomic E-state index is 13.5. The summed E-state index contributed by atoms with van der Waals surface area (Å²) in [5.74, 6) is -5.95. The molecule has 14 N–H and O–H groups in total. The van der Waals surface area contributed by atoms with Crippen LogP contribution in [0.15, 0.2) is 0 Å². The van der Waals surface area contributed by atoms with Gasteiger partial charge >= 0.3 is 5.97 Å². The van der Waals surface area contributed by atoms with Gasteiger partial charge in [0.1, 0.15) is 61.5 Å². The summed E-state index contributed by atoms with van der Waals surface area (Å²) in [6.45, 7) is 2.99. The third-order valence-electron chi connectivity index (χ3n) is 16.2. The van der Waals surface area contributed by atoms with Crippen LogP contribution in [0.3, 0.4) is 0 Å². The van der Waals surface area contributed by atoms with Crippen molar-refractivity contribution in [2.45, 2.75) is 330 Å². The summed E-state index contributed by atoms with van der Waals surface area (Å²) in [6.07, 6.45) is 13.6. The minimum atomic E-state index is -2.89. The third kappa shape index (κ3) is 30.1. The van der Waals surface area contributed by atoms with Crippen LogP contribution in [-0.4, -0.2) is 197 Å². The van der Waals surface area contributed by atoms with Crippen molar-refractivity contribution in [1.29, 1.82) is 0 Å². The summed E-state index contributed by atoms with van der Waals surface area (Å²) in [7, 11) is 0. The van der Waals surface area contributed by atoms with E-state index in [0.29, 0.717) is 12.8 Å². The first-order valence-corrected chi connectivity index (χ1v) is 31.6. The molecule has 15 atom stereocenters. The van der Waals surface area contributed by atoms with Gasteiger partial charge in [0.15, 0.2) is 6.29 Å². The summed E-state index contributed by atoms with van der Waals surface area (Å²) in [5.41, 5.74) is 0. The lowest BCUT2D eigenvalue weighted by Crippen LogP contribution is -2.68. The molecule has 0 spiro atoms. The Balaban J connectivity index is 2.01. The van der Waals surface area contributed by atoms with Crippen molar-refractivity contribution >= 4 is 17.8 Å². The summed E-state index contributed by atoms with van der Waals surface area (Å²) in [6, 6.07) is -3.03. The molecule has 81 heavy (non-hydrogen) atoms. The Labute approximate surface area is 484 Å². The topological polar surface area (TPSA) is 355 Å². The zero-order chi connectivity index (χ0) is 60.0. The molecule has 21 nitrogen and oxygen atoms in total. The van der Waals surface area contributed by atoms with Crippen LogP contribution in [0.4, 0.5) is 0 Å². The van der Waals surface area contributed by atoms with Crippen LogP contribution in [0.1, 0.15) is 239 Å². The smallest absolute Gasteiger partial charge is 0.364 e. The molecule has 2 heterocycles. The van der Waals surface area contributed by atoms with Gasteiger partial charge in [-0.1, -0.05) is 220 Å². The van der Waals surface area contributed by atoms with E-state index in [4.69, 9.17) is 18.9 Å². The van der Waals surface area contributed by atoms with E-state index in [-0.39, 0.29) is 12.8 Å². The van der Waals surface area contributed by atoms with E-state index in [9.17, 15) is 75.7 Å². The van der Waals surface area contributed by atoms with Crippen LogP contribution >= 0.6 is 0 Å². The highest BCUT2D eigenvalue weighted by atomic mass is 16.7. The molecule has 0 bridgehead atoms. The molecule has 2 aliphatic heterocycles. The Kier molecular flexibility index (Phi) is 41.0. The fourth-order valence-electron chi connectivity index (χ4n) is 10.9. The first-order valence-electron chi connectivity index (χ1n) is 31.6. The Morgan fingerprint density at radius 3 is 1.51 bits per heavy atom. The second-order valence-corrected chi connectivity index (χ2v) is 23.8. The van der Waals surface area contributed by atoms with Crippen molar-refractivity contribution in [3.8, 4) is 0 Å². The number of aliphatic carboxylic acids is 1. The van der Waals surface area contributed by atoms with Crippen LogP contribution in [0.25, 0.3) is 0 Å². The fourth-order valence-corrected chi connectivity index (χ4v) is 10.9. The molecule has 2 fully saturated rings. The Bertz CT molecular complexity index is 1600. The van der Waals surface area contributed by atoms with Gasteiger partial charge in [-0.25, -0.2) is 4.79 Å². The number of aliphatic hydroxyl groups is 11. The van der Waals surface area contributed by atoms with Gasteiger partial charge in [0.25, 0.3) is 5.79 Å². The summed E-state index contributed by atoms with van der Waals surface area (Å²) >= 11 is 0. The molecule has 2 aliphatic rings. The number of carboxylic acids is 1. The highest BCUT2D eigenvalue weighted by Gasteiger charge is 2.57. The van der Waals surface area contributed by atoms with Crippen LogP contribution < -0.4 is 10.6 Å². The largest absolute Gasteiger partial charge is 0.477 e. The lowest BCUT2D eigenvalue weighted by molar-refractivity contribution is -0.339. The number of hydrogen-bond donors (Lipinski definition) is 14. The molecule has 0 aromatic carbocycles. The monoisotopic (exact) mass is 1170 g/mol. The number of carbonyl (C=O) groups excluding carboxylic acids is 2. The van der Waals surface area contributed by atoms with E-state index in [0.717, 1.165) is 57.3 Å². The number of rotatable bonds is 50. The molecular weight excluding hydrogens is 1050 g/mol. The summed E-state index contributed by atoms with van der Waals surface area (Å²) in [4.78, 5) is 38.3. The number of carboxylic acid groups (broad SMARTS) is 1. The first kappa shape index (κ1) is 74.9. The molecule has 0 aliphatic carbocycles. The highest BCUT2D eigenvalue weighted by Crippen LogP contribution is 2.35. The zero-order valence-electron chi connectivity index (χ0n) is 49.8. The molecular formula is C60H114N2O19. The summed E-state index contributed by atoms with van der Waals surface area (Å²) in [5, 5.41) is 132. The molecule has 21 heteroatoms. The van der Waals surface area contributed by atoms with E-state index in [1.807, 2.05) is 0 Å². The number of nitrogens with one attached hydrogen (secondary N) is 2. The molecule has 0 saturated carbocycles. The van der Waals surface area contributed by atoms with E-state index in [2.05, 4.69) is 31.4 Å². The zero-order valence-corrected chi connectivity index (χ0v) is 49.8. The van der Waals surface area contributed by atoms with Gasteiger partial charge in [-0.2, -0.15) is 0 Å². The van der Waals surface area contributed by atoms with E-state index >= 15 is 0 Å². The number of ether oxygens (including phenoxy) is 4. The lowest BCUT2D eigenvalue weighted by atomic mass is 9.88. The average Bonchev–Trinajstić information content (AvgIpc) is 3.45. The van der Waals surface area contributed by atoms with Crippen molar-refractivity contribution in [2.24, 2.45) is 5.92 Å². The van der Waals surface area contributed by atoms with Crippen molar-refractivity contribution in [1.82, 2.24) is 10.6 Å². The summed E-state index contributed by atoms with van der Waals surface area (Å²) < 4.78 is 22.8. The lowest BCUT2D eigenvalue weighted by Gasteiger charge is -2.47. The molecule has 0 radical (unpaired) electrons. The van der Waals surface area contributed by atoms with Crippen LogP contribution in [-0.2, 0) is 33.3 Å². The third-order valence-corrected chi connectivity index (χ3v) is 16.2. The molecule has 2 amide bonds. The van der Waals surface area contributed by atoms with E-state index < -0.39 is 142 Å². The van der Waals surface area contributed by atoms with Gasteiger partial charge in [0.05, 0.1) is 44.1 Å². The Hall–Kier alpha value is -2.19. The van der Waals surface area contributed by atoms with Crippen molar-refractivity contribution < 1.29 is 94.6 Å². The van der Waals surface area contributed by atoms with Gasteiger partial charge < -0.3 is 90.9 Å². The van der Waals surface area contributed by atoms with E-state index in [1.54, 1.807) is 0 Å². The second kappa shape index (κ2) is 44.3. The normalized spacial score (nSPS) is 25.5.